The molecule has 0 spiro atoms. The molecule has 102 valence electrons. The van der Waals surface area contributed by atoms with Crippen LogP contribution in [0.3, 0.4) is 0 Å². The molecule has 0 aliphatic carbocycles. The van der Waals surface area contributed by atoms with Crippen molar-refractivity contribution in [3.05, 3.63) is 48.5 Å². The Morgan fingerprint density at radius 2 is 1.85 bits per heavy atom. The maximum Gasteiger partial charge on any atom is 0.138 e. The average molecular weight is 267 g/mol. The van der Waals surface area contributed by atoms with Crippen LogP contribution in [-0.4, -0.2) is 35.3 Å². The molecular formula is C16H17N3O. The molecule has 4 heteroatoms. The lowest BCUT2D eigenvalue weighted by molar-refractivity contribution is 0.304. The Balaban J connectivity index is 1.90. The van der Waals surface area contributed by atoms with Crippen molar-refractivity contribution >= 4 is 16.7 Å². The summed E-state index contributed by atoms with van der Waals surface area (Å²) >= 11 is 0. The van der Waals surface area contributed by atoms with Gasteiger partial charge in [0.1, 0.15) is 5.82 Å². The molecule has 0 unspecified atom stereocenters. The predicted octanol–water partition coefficient (Wildman–Crippen LogP) is 2.66. The lowest BCUT2D eigenvalue weighted by Crippen LogP contribution is -2.20. The van der Waals surface area contributed by atoms with E-state index in [-0.39, 0.29) is 6.61 Å². The number of aromatic nitrogens is 2. The first kappa shape index (κ1) is 12.7. The van der Waals surface area contributed by atoms with Gasteiger partial charge in [0.2, 0.25) is 0 Å². The fourth-order valence-corrected chi connectivity index (χ4v) is 2.24. The van der Waals surface area contributed by atoms with Gasteiger partial charge in [-0.05, 0) is 36.4 Å². The van der Waals surface area contributed by atoms with Crippen LogP contribution in [0.2, 0.25) is 0 Å². The van der Waals surface area contributed by atoms with Gasteiger partial charge in [-0.25, -0.2) is 4.98 Å². The smallest absolute Gasteiger partial charge is 0.138 e. The molecule has 0 fully saturated rings. The topological polar surface area (TPSA) is 52.1 Å². The number of anilines is 1. The molecule has 2 N–H and O–H groups in total. The highest BCUT2D eigenvalue weighted by molar-refractivity contribution is 5.79. The number of aliphatic hydroxyl groups is 1. The minimum absolute atomic E-state index is 0.155. The minimum atomic E-state index is 0.155. The van der Waals surface area contributed by atoms with Crippen LogP contribution in [0.1, 0.15) is 0 Å². The number of para-hydroxylation sites is 2. The van der Waals surface area contributed by atoms with E-state index in [2.05, 4.69) is 9.97 Å². The fraction of sp³-hybridized carbons (Fsp3) is 0.188. The highest BCUT2D eigenvalue weighted by atomic mass is 16.3. The van der Waals surface area contributed by atoms with Gasteiger partial charge in [0.05, 0.1) is 17.6 Å². The molecule has 0 atom stereocenters. The van der Waals surface area contributed by atoms with Gasteiger partial charge in [0.15, 0.2) is 0 Å². The van der Waals surface area contributed by atoms with Crippen LogP contribution in [0.4, 0.5) is 5.69 Å². The van der Waals surface area contributed by atoms with Crippen molar-refractivity contribution in [2.24, 2.45) is 0 Å². The van der Waals surface area contributed by atoms with E-state index in [9.17, 15) is 0 Å². The van der Waals surface area contributed by atoms with Crippen LogP contribution < -0.4 is 4.90 Å². The number of nitrogens with zero attached hydrogens (tertiary/aromatic N) is 2. The highest BCUT2D eigenvalue weighted by Crippen LogP contribution is 2.22. The fourth-order valence-electron chi connectivity index (χ4n) is 2.24. The molecule has 1 aromatic heterocycles. The monoisotopic (exact) mass is 267 g/mol. The van der Waals surface area contributed by atoms with E-state index in [4.69, 9.17) is 5.11 Å². The zero-order valence-electron chi connectivity index (χ0n) is 11.4. The average Bonchev–Trinajstić information content (AvgIpc) is 2.91. The Bertz CT molecular complexity index is 670. The third-order valence-corrected chi connectivity index (χ3v) is 3.41. The van der Waals surface area contributed by atoms with Crippen LogP contribution in [-0.2, 0) is 0 Å². The summed E-state index contributed by atoms with van der Waals surface area (Å²) in [6.07, 6.45) is 0. The minimum Gasteiger partial charge on any atom is -0.395 e. The molecule has 2 aromatic carbocycles. The molecule has 0 amide bonds. The molecule has 20 heavy (non-hydrogen) atoms. The van der Waals surface area contributed by atoms with Crippen molar-refractivity contribution in [3.8, 4) is 11.4 Å². The molecule has 0 aliphatic heterocycles. The summed E-state index contributed by atoms with van der Waals surface area (Å²) < 4.78 is 0. The Morgan fingerprint density at radius 3 is 2.55 bits per heavy atom. The first-order valence-corrected chi connectivity index (χ1v) is 6.65. The number of imidazole rings is 1. The first-order valence-electron chi connectivity index (χ1n) is 6.65. The SMILES string of the molecule is CN(CCO)c1ccc(-c2nc3ccccc3[nH]2)cc1. The van der Waals surface area contributed by atoms with E-state index in [1.165, 1.54) is 0 Å². The third-order valence-electron chi connectivity index (χ3n) is 3.41. The van der Waals surface area contributed by atoms with Gasteiger partial charge in [-0.15, -0.1) is 0 Å². The predicted molar refractivity (Wildman–Crippen MR) is 81.9 cm³/mol. The number of benzene rings is 2. The standard InChI is InChI=1S/C16H17N3O/c1-19(10-11-20)13-8-6-12(7-9-13)16-17-14-4-2-3-5-15(14)18-16/h2-9,20H,10-11H2,1H3,(H,17,18). The van der Waals surface area contributed by atoms with Gasteiger partial charge < -0.3 is 15.0 Å². The summed E-state index contributed by atoms with van der Waals surface area (Å²) in [4.78, 5) is 9.92. The number of likely N-dealkylation sites (N-methyl/N-ethyl adjacent to an activating group) is 1. The number of hydrogen-bond donors (Lipinski definition) is 2. The number of aliphatic hydroxyl groups excluding tert-OH is 1. The lowest BCUT2D eigenvalue weighted by atomic mass is 10.2. The molecule has 0 radical (unpaired) electrons. The molecular weight excluding hydrogens is 250 g/mol. The van der Waals surface area contributed by atoms with Crippen molar-refractivity contribution in [2.45, 2.75) is 0 Å². The zero-order chi connectivity index (χ0) is 13.9. The van der Waals surface area contributed by atoms with Gasteiger partial charge in [0.25, 0.3) is 0 Å². The molecule has 3 aromatic rings. The number of fused-ring (bicyclic) bond motifs is 1. The number of hydrogen-bond acceptors (Lipinski definition) is 3. The van der Waals surface area contributed by atoms with Gasteiger partial charge in [-0.1, -0.05) is 12.1 Å². The van der Waals surface area contributed by atoms with Crippen LogP contribution in [0, 0.1) is 0 Å². The number of H-pyrrole nitrogens is 1. The van der Waals surface area contributed by atoms with Crippen LogP contribution >= 0.6 is 0 Å². The summed E-state index contributed by atoms with van der Waals surface area (Å²) in [5, 5.41) is 8.95. The molecule has 0 bridgehead atoms. The molecule has 4 nitrogen and oxygen atoms in total. The zero-order valence-corrected chi connectivity index (χ0v) is 11.4. The van der Waals surface area contributed by atoms with Gasteiger partial charge >= 0.3 is 0 Å². The molecule has 3 rings (SSSR count). The molecule has 0 saturated carbocycles. The normalized spacial score (nSPS) is 10.9. The van der Waals surface area contributed by atoms with E-state index in [0.29, 0.717) is 6.54 Å². The van der Waals surface area contributed by atoms with E-state index in [1.54, 1.807) is 0 Å². The van der Waals surface area contributed by atoms with E-state index in [0.717, 1.165) is 28.1 Å². The Morgan fingerprint density at radius 1 is 1.10 bits per heavy atom. The van der Waals surface area contributed by atoms with Gasteiger partial charge in [-0.2, -0.15) is 0 Å². The molecule has 1 heterocycles. The second-order valence-electron chi connectivity index (χ2n) is 4.79. The van der Waals surface area contributed by atoms with Crippen molar-refractivity contribution in [3.63, 3.8) is 0 Å². The van der Waals surface area contributed by atoms with E-state index < -0.39 is 0 Å². The number of aromatic amines is 1. The summed E-state index contributed by atoms with van der Waals surface area (Å²) in [5.41, 5.74) is 4.16. The summed E-state index contributed by atoms with van der Waals surface area (Å²) in [6, 6.07) is 16.2. The Hall–Kier alpha value is -2.33. The van der Waals surface area contributed by atoms with E-state index >= 15 is 0 Å². The quantitative estimate of drug-likeness (QED) is 0.764. The Labute approximate surface area is 117 Å². The molecule has 0 aliphatic rings. The number of rotatable bonds is 4. The van der Waals surface area contributed by atoms with Crippen LogP contribution in [0.15, 0.2) is 48.5 Å². The maximum atomic E-state index is 8.95. The first-order chi connectivity index (χ1) is 9.78. The van der Waals surface area contributed by atoms with E-state index in [1.807, 2.05) is 60.5 Å². The molecule has 0 saturated heterocycles. The second kappa shape index (κ2) is 5.35. The Kier molecular flexibility index (Phi) is 3.39. The summed E-state index contributed by atoms with van der Waals surface area (Å²) in [5.74, 6) is 0.877. The van der Waals surface area contributed by atoms with Gasteiger partial charge in [-0.3, -0.25) is 0 Å². The summed E-state index contributed by atoms with van der Waals surface area (Å²) in [6.45, 7) is 0.784. The van der Waals surface area contributed by atoms with Crippen LogP contribution in [0.25, 0.3) is 22.4 Å². The van der Waals surface area contributed by atoms with Crippen molar-refractivity contribution in [1.82, 2.24) is 9.97 Å². The third kappa shape index (κ3) is 2.38. The maximum absolute atomic E-state index is 8.95. The van der Waals surface area contributed by atoms with Crippen molar-refractivity contribution in [2.75, 3.05) is 25.1 Å². The summed E-state index contributed by atoms with van der Waals surface area (Å²) in [7, 11) is 1.96. The number of nitrogens with one attached hydrogen (secondary N) is 1. The highest BCUT2D eigenvalue weighted by Gasteiger charge is 2.05. The van der Waals surface area contributed by atoms with Crippen molar-refractivity contribution < 1.29 is 5.11 Å². The largest absolute Gasteiger partial charge is 0.395 e. The van der Waals surface area contributed by atoms with Crippen molar-refractivity contribution in [1.29, 1.82) is 0 Å². The second-order valence-corrected chi connectivity index (χ2v) is 4.79. The van der Waals surface area contributed by atoms with Crippen LogP contribution in [0.5, 0.6) is 0 Å². The van der Waals surface area contributed by atoms with Gasteiger partial charge in [0, 0.05) is 24.8 Å². The lowest BCUT2D eigenvalue weighted by Gasteiger charge is -2.17.